The van der Waals surface area contributed by atoms with Crippen LogP contribution in [0.15, 0.2) is 6.07 Å². The standard InChI is InChI=1S/C9H10ClNO3S/c1-5(12)11-9-6(3-7(10)15-9)4-8(13)14-2/h3H,4H2,1-2H3,(H,11,12). The Morgan fingerprint density at radius 2 is 2.27 bits per heavy atom. The number of ether oxygens (including phenoxy) is 1. The Kier molecular flexibility index (Phi) is 4.11. The molecule has 1 amide bonds. The number of amides is 1. The van der Waals surface area contributed by atoms with Crippen LogP contribution in [0.25, 0.3) is 0 Å². The van der Waals surface area contributed by atoms with Crippen molar-refractivity contribution < 1.29 is 14.3 Å². The van der Waals surface area contributed by atoms with Crippen molar-refractivity contribution >= 4 is 39.8 Å². The van der Waals surface area contributed by atoms with Gasteiger partial charge in [-0.1, -0.05) is 11.6 Å². The second kappa shape index (κ2) is 5.14. The number of carbonyl (C=O) groups excluding carboxylic acids is 2. The Balaban J connectivity index is 2.85. The van der Waals surface area contributed by atoms with E-state index in [4.69, 9.17) is 11.6 Å². The first kappa shape index (κ1) is 12.0. The van der Waals surface area contributed by atoms with Crippen molar-refractivity contribution in [1.82, 2.24) is 0 Å². The summed E-state index contributed by atoms with van der Waals surface area (Å²) in [5, 5.41) is 3.21. The molecule has 1 heterocycles. The number of rotatable bonds is 3. The first-order valence-electron chi connectivity index (χ1n) is 4.15. The lowest BCUT2D eigenvalue weighted by molar-refractivity contribution is -0.139. The fourth-order valence-electron chi connectivity index (χ4n) is 1.02. The molecule has 0 saturated carbocycles. The molecule has 0 spiro atoms. The third-order valence-electron chi connectivity index (χ3n) is 1.63. The summed E-state index contributed by atoms with van der Waals surface area (Å²) < 4.78 is 5.06. The highest BCUT2D eigenvalue weighted by Crippen LogP contribution is 2.32. The maximum atomic E-state index is 11.1. The highest BCUT2D eigenvalue weighted by molar-refractivity contribution is 7.20. The topological polar surface area (TPSA) is 55.4 Å². The normalized spacial score (nSPS) is 9.80. The van der Waals surface area contributed by atoms with E-state index in [0.717, 1.165) is 0 Å². The molecule has 0 aliphatic heterocycles. The Morgan fingerprint density at radius 1 is 1.60 bits per heavy atom. The summed E-state index contributed by atoms with van der Waals surface area (Å²) in [6.45, 7) is 1.40. The van der Waals surface area contributed by atoms with Crippen LogP contribution >= 0.6 is 22.9 Å². The molecule has 15 heavy (non-hydrogen) atoms. The van der Waals surface area contributed by atoms with Gasteiger partial charge in [-0.05, 0) is 11.6 Å². The zero-order valence-corrected chi connectivity index (χ0v) is 9.87. The number of hydrogen-bond acceptors (Lipinski definition) is 4. The molecule has 0 unspecified atom stereocenters. The van der Waals surface area contributed by atoms with Gasteiger partial charge in [0.2, 0.25) is 5.91 Å². The molecule has 1 rings (SSSR count). The van der Waals surface area contributed by atoms with Gasteiger partial charge in [-0.15, -0.1) is 11.3 Å². The number of methoxy groups -OCH3 is 1. The number of carbonyl (C=O) groups is 2. The molecule has 0 saturated heterocycles. The van der Waals surface area contributed by atoms with Crippen LogP contribution in [0.1, 0.15) is 12.5 Å². The van der Waals surface area contributed by atoms with Crippen molar-refractivity contribution in [3.05, 3.63) is 16.0 Å². The van der Waals surface area contributed by atoms with Crippen LogP contribution in [0, 0.1) is 0 Å². The van der Waals surface area contributed by atoms with E-state index in [1.807, 2.05) is 0 Å². The maximum Gasteiger partial charge on any atom is 0.310 e. The number of anilines is 1. The van der Waals surface area contributed by atoms with E-state index in [2.05, 4.69) is 10.1 Å². The number of halogens is 1. The minimum absolute atomic E-state index is 0.106. The molecule has 4 nitrogen and oxygen atoms in total. The Bertz CT molecular complexity index is 389. The molecule has 0 aromatic carbocycles. The van der Waals surface area contributed by atoms with Gasteiger partial charge in [0.1, 0.15) is 5.00 Å². The molecular weight excluding hydrogens is 238 g/mol. The van der Waals surface area contributed by atoms with E-state index in [1.165, 1.54) is 25.4 Å². The SMILES string of the molecule is COC(=O)Cc1cc(Cl)sc1NC(C)=O. The number of hydrogen-bond donors (Lipinski definition) is 1. The second-order valence-electron chi connectivity index (χ2n) is 2.84. The summed E-state index contributed by atoms with van der Waals surface area (Å²) in [7, 11) is 1.31. The second-order valence-corrected chi connectivity index (χ2v) is 4.52. The largest absolute Gasteiger partial charge is 0.469 e. The maximum absolute atomic E-state index is 11.1. The van der Waals surface area contributed by atoms with Gasteiger partial charge < -0.3 is 10.1 Å². The van der Waals surface area contributed by atoms with Crippen molar-refractivity contribution in [2.45, 2.75) is 13.3 Å². The predicted molar refractivity (Wildman–Crippen MR) is 59.4 cm³/mol. The lowest BCUT2D eigenvalue weighted by atomic mass is 10.2. The number of thiophene rings is 1. The summed E-state index contributed by atoms with van der Waals surface area (Å²) >= 11 is 7.01. The molecule has 0 radical (unpaired) electrons. The molecule has 0 fully saturated rings. The van der Waals surface area contributed by atoms with Crippen molar-refractivity contribution in [2.24, 2.45) is 0 Å². The molecule has 82 valence electrons. The third-order valence-corrected chi connectivity index (χ3v) is 2.85. The molecule has 1 aromatic rings. The van der Waals surface area contributed by atoms with Crippen molar-refractivity contribution in [1.29, 1.82) is 0 Å². The van der Waals surface area contributed by atoms with E-state index in [-0.39, 0.29) is 18.3 Å². The smallest absolute Gasteiger partial charge is 0.310 e. The van der Waals surface area contributed by atoms with Gasteiger partial charge in [-0.3, -0.25) is 9.59 Å². The average Bonchev–Trinajstić information content (AvgIpc) is 2.45. The van der Waals surface area contributed by atoms with Gasteiger partial charge in [0.05, 0.1) is 17.9 Å². The van der Waals surface area contributed by atoms with E-state index in [9.17, 15) is 9.59 Å². The van der Waals surface area contributed by atoms with Crippen molar-refractivity contribution in [3.8, 4) is 0 Å². The Labute approximate surface area is 96.2 Å². The van der Waals surface area contributed by atoms with Gasteiger partial charge in [0, 0.05) is 6.92 Å². The zero-order valence-electron chi connectivity index (χ0n) is 8.30. The van der Waals surface area contributed by atoms with Crippen LogP contribution in [0.2, 0.25) is 4.34 Å². The highest BCUT2D eigenvalue weighted by atomic mass is 35.5. The first-order valence-corrected chi connectivity index (χ1v) is 5.35. The molecule has 0 bridgehead atoms. The van der Waals surface area contributed by atoms with Gasteiger partial charge in [0.15, 0.2) is 0 Å². The molecule has 0 aliphatic carbocycles. The van der Waals surface area contributed by atoms with Crippen LogP contribution in [-0.4, -0.2) is 19.0 Å². The van der Waals surface area contributed by atoms with E-state index >= 15 is 0 Å². The van der Waals surface area contributed by atoms with E-state index in [1.54, 1.807) is 6.07 Å². The molecule has 1 N–H and O–H groups in total. The molecule has 6 heteroatoms. The summed E-state index contributed by atoms with van der Waals surface area (Å²) in [6.07, 6.45) is 0.106. The van der Waals surface area contributed by atoms with Crippen molar-refractivity contribution in [2.75, 3.05) is 12.4 Å². The fourth-order valence-corrected chi connectivity index (χ4v) is 2.24. The summed E-state index contributed by atoms with van der Waals surface area (Å²) in [4.78, 5) is 21.9. The summed E-state index contributed by atoms with van der Waals surface area (Å²) in [6, 6.07) is 1.65. The molecule has 1 aromatic heterocycles. The first-order chi connectivity index (χ1) is 7.02. The molecular formula is C9H10ClNO3S. The minimum atomic E-state index is -0.365. The van der Waals surface area contributed by atoms with Crippen LogP contribution in [-0.2, 0) is 20.7 Å². The van der Waals surface area contributed by atoms with Crippen LogP contribution in [0.5, 0.6) is 0 Å². The minimum Gasteiger partial charge on any atom is -0.469 e. The fraction of sp³-hybridized carbons (Fsp3) is 0.333. The average molecular weight is 248 g/mol. The number of nitrogens with one attached hydrogen (secondary N) is 1. The van der Waals surface area contributed by atoms with Gasteiger partial charge in [0.25, 0.3) is 0 Å². The van der Waals surface area contributed by atoms with Crippen LogP contribution in [0.3, 0.4) is 0 Å². The quantitative estimate of drug-likeness (QED) is 0.832. The van der Waals surface area contributed by atoms with Gasteiger partial charge in [-0.2, -0.15) is 0 Å². The highest BCUT2D eigenvalue weighted by Gasteiger charge is 2.13. The van der Waals surface area contributed by atoms with E-state index in [0.29, 0.717) is 14.9 Å². The van der Waals surface area contributed by atoms with Crippen LogP contribution < -0.4 is 5.32 Å². The van der Waals surface area contributed by atoms with Crippen LogP contribution in [0.4, 0.5) is 5.00 Å². The lowest BCUT2D eigenvalue weighted by Crippen LogP contribution is -2.09. The monoisotopic (exact) mass is 247 g/mol. The zero-order chi connectivity index (χ0) is 11.4. The van der Waals surface area contributed by atoms with Gasteiger partial charge in [-0.25, -0.2) is 0 Å². The predicted octanol–water partition coefficient (Wildman–Crippen LogP) is 2.08. The number of esters is 1. The van der Waals surface area contributed by atoms with Crippen molar-refractivity contribution in [3.63, 3.8) is 0 Å². The summed E-state index contributed by atoms with van der Waals surface area (Å²) in [5.74, 6) is -0.560. The Hall–Kier alpha value is -1.07. The lowest BCUT2D eigenvalue weighted by Gasteiger charge is -2.02. The molecule has 0 aliphatic rings. The summed E-state index contributed by atoms with van der Waals surface area (Å²) in [5.41, 5.74) is 0.673. The van der Waals surface area contributed by atoms with Gasteiger partial charge >= 0.3 is 5.97 Å². The Morgan fingerprint density at radius 3 is 2.80 bits per heavy atom. The third kappa shape index (κ3) is 3.53. The van der Waals surface area contributed by atoms with E-state index < -0.39 is 0 Å². The molecule has 0 atom stereocenters.